The van der Waals surface area contributed by atoms with Gasteiger partial charge in [-0.25, -0.2) is 0 Å². The highest BCUT2D eigenvalue weighted by Crippen LogP contribution is 2.19. The molecule has 1 aliphatic rings. The molecule has 3 heteroatoms. The summed E-state index contributed by atoms with van der Waals surface area (Å²) in [6, 6.07) is 10.8. The Morgan fingerprint density at radius 1 is 1.30 bits per heavy atom. The number of likely N-dealkylation sites (tertiary alicyclic amines) is 1. The van der Waals surface area contributed by atoms with Gasteiger partial charge in [0.15, 0.2) is 0 Å². The Labute approximate surface area is 123 Å². The molecule has 1 N–H and O–H groups in total. The summed E-state index contributed by atoms with van der Waals surface area (Å²) in [5.74, 6) is 0.749. The van der Waals surface area contributed by atoms with E-state index in [0.29, 0.717) is 0 Å². The van der Waals surface area contributed by atoms with E-state index in [0.717, 1.165) is 32.1 Å². The van der Waals surface area contributed by atoms with E-state index in [-0.39, 0.29) is 6.61 Å². The monoisotopic (exact) mass is 276 g/mol. The molecule has 2 rings (SSSR count). The first-order chi connectivity index (χ1) is 9.81. The third kappa shape index (κ3) is 4.89. The normalized spacial score (nSPS) is 20.4. The van der Waals surface area contributed by atoms with E-state index in [9.17, 15) is 0 Å². The van der Waals surface area contributed by atoms with Crippen LogP contribution in [0.3, 0.4) is 0 Å². The van der Waals surface area contributed by atoms with Crippen LogP contribution in [0.15, 0.2) is 30.3 Å². The van der Waals surface area contributed by atoms with Crippen molar-refractivity contribution in [1.82, 2.24) is 9.80 Å². The van der Waals surface area contributed by atoms with E-state index in [2.05, 4.69) is 47.1 Å². The fourth-order valence-corrected chi connectivity index (χ4v) is 3.17. The van der Waals surface area contributed by atoms with Gasteiger partial charge in [0.2, 0.25) is 0 Å². The van der Waals surface area contributed by atoms with Gasteiger partial charge in [-0.15, -0.1) is 0 Å². The molecule has 1 aromatic carbocycles. The van der Waals surface area contributed by atoms with E-state index < -0.39 is 0 Å². The first kappa shape index (κ1) is 15.5. The minimum Gasteiger partial charge on any atom is -0.395 e. The highest BCUT2D eigenvalue weighted by Gasteiger charge is 2.21. The standard InChI is InChI=1S/C17H28N2O/c1-2-18(11-12-20)14-17-9-6-10-19(15-17)13-16-7-4-3-5-8-16/h3-5,7-8,17,20H,2,6,9-15H2,1H3/t17-/m1/s1. The van der Waals surface area contributed by atoms with Gasteiger partial charge in [-0.1, -0.05) is 37.3 Å². The van der Waals surface area contributed by atoms with Crippen LogP contribution in [0.2, 0.25) is 0 Å². The number of hydrogen-bond acceptors (Lipinski definition) is 3. The predicted octanol–water partition coefficient (Wildman–Crippen LogP) is 2.21. The second-order valence-corrected chi connectivity index (χ2v) is 5.85. The molecule has 0 amide bonds. The van der Waals surface area contributed by atoms with Crippen molar-refractivity contribution < 1.29 is 5.11 Å². The van der Waals surface area contributed by atoms with Crippen molar-refractivity contribution in [2.24, 2.45) is 5.92 Å². The van der Waals surface area contributed by atoms with Gasteiger partial charge in [0.05, 0.1) is 6.61 Å². The summed E-state index contributed by atoms with van der Waals surface area (Å²) in [6.45, 7) is 8.91. The number of nitrogens with zero attached hydrogens (tertiary/aromatic N) is 2. The van der Waals surface area contributed by atoms with Crippen LogP contribution in [0.4, 0.5) is 0 Å². The van der Waals surface area contributed by atoms with Crippen LogP contribution < -0.4 is 0 Å². The second-order valence-electron chi connectivity index (χ2n) is 5.85. The largest absolute Gasteiger partial charge is 0.395 e. The van der Waals surface area contributed by atoms with Crippen LogP contribution in [0.1, 0.15) is 25.3 Å². The molecule has 112 valence electrons. The number of likely N-dealkylation sites (N-methyl/N-ethyl adjacent to an activating group) is 1. The minimum absolute atomic E-state index is 0.272. The van der Waals surface area contributed by atoms with E-state index in [1.54, 1.807) is 0 Å². The van der Waals surface area contributed by atoms with E-state index in [1.807, 2.05) is 0 Å². The van der Waals surface area contributed by atoms with Crippen LogP contribution in [-0.4, -0.2) is 54.2 Å². The highest BCUT2D eigenvalue weighted by molar-refractivity contribution is 5.14. The number of rotatable bonds is 7. The van der Waals surface area contributed by atoms with Crippen molar-refractivity contribution in [2.75, 3.05) is 39.3 Å². The molecule has 0 radical (unpaired) electrons. The van der Waals surface area contributed by atoms with Crippen molar-refractivity contribution in [1.29, 1.82) is 0 Å². The Morgan fingerprint density at radius 2 is 2.10 bits per heavy atom. The van der Waals surface area contributed by atoms with Crippen molar-refractivity contribution in [2.45, 2.75) is 26.3 Å². The summed E-state index contributed by atoms with van der Waals surface area (Å²) in [4.78, 5) is 4.95. The maximum atomic E-state index is 9.09. The molecule has 1 fully saturated rings. The maximum Gasteiger partial charge on any atom is 0.0558 e. The van der Waals surface area contributed by atoms with Gasteiger partial charge in [0, 0.05) is 26.2 Å². The van der Waals surface area contributed by atoms with Crippen LogP contribution in [0, 0.1) is 5.92 Å². The molecule has 0 bridgehead atoms. The van der Waals surface area contributed by atoms with Crippen molar-refractivity contribution >= 4 is 0 Å². The number of aliphatic hydroxyl groups excluding tert-OH is 1. The molecular formula is C17H28N2O. The fraction of sp³-hybridized carbons (Fsp3) is 0.647. The highest BCUT2D eigenvalue weighted by atomic mass is 16.3. The van der Waals surface area contributed by atoms with E-state index in [1.165, 1.54) is 31.5 Å². The molecule has 3 nitrogen and oxygen atoms in total. The van der Waals surface area contributed by atoms with Crippen LogP contribution in [0.5, 0.6) is 0 Å². The Morgan fingerprint density at radius 3 is 2.80 bits per heavy atom. The molecule has 1 heterocycles. The number of hydrogen-bond donors (Lipinski definition) is 1. The van der Waals surface area contributed by atoms with Crippen LogP contribution >= 0.6 is 0 Å². The predicted molar refractivity (Wildman–Crippen MR) is 83.6 cm³/mol. The fourth-order valence-electron chi connectivity index (χ4n) is 3.17. The van der Waals surface area contributed by atoms with Gasteiger partial charge in [-0.05, 0) is 37.4 Å². The minimum atomic E-state index is 0.272. The van der Waals surface area contributed by atoms with Gasteiger partial charge in [0.25, 0.3) is 0 Å². The second kappa shape index (κ2) is 8.40. The molecular weight excluding hydrogens is 248 g/mol. The Kier molecular flexibility index (Phi) is 6.51. The summed E-state index contributed by atoms with van der Waals surface area (Å²) in [5, 5.41) is 9.09. The molecule has 1 aromatic rings. The third-order valence-corrected chi connectivity index (χ3v) is 4.23. The smallest absolute Gasteiger partial charge is 0.0558 e. The summed E-state index contributed by atoms with van der Waals surface area (Å²) in [7, 11) is 0. The molecule has 0 spiro atoms. The average molecular weight is 276 g/mol. The van der Waals surface area contributed by atoms with Crippen LogP contribution in [0.25, 0.3) is 0 Å². The topological polar surface area (TPSA) is 26.7 Å². The molecule has 1 aliphatic heterocycles. The Bertz CT molecular complexity index is 369. The SMILES string of the molecule is CCN(CCO)C[C@H]1CCCN(Cc2ccccc2)C1. The first-order valence-electron chi connectivity index (χ1n) is 7.91. The first-order valence-corrected chi connectivity index (χ1v) is 7.91. The Balaban J connectivity index is 1.82. The number of benzene rings is 1. The zero-order valence-electron chi connectivity index (χ0n) is 12.7. The maximum absolute atomic E-state index is 9.09. The van der Waals surface area contributed by atoms with E-state index in [4.69, 9.17) is 5.11 Å². The molecule has 0 aromatic heterocycles. The summed E-state index contributed by atoms with van der Waals surface area (Å²) < 4.78 is 0. The lowest BCUT2D eigenvalue weighted by Crippen LogP contribution is -2.41. The number of aliphatic hydroxyl groups is 1. The van der Waals surface area contributed by atoms with Crippen LogP contribution in [-0.2, 0) is 6.54 Å². The van der Waals surface area contributed by atoms with Crippen molar-refractivity contribution in [3.05, 3.63) is 35.9 Å². The zero-order valence-corrected chi connectivity index (χ0v) is 12.7. The summed E-state index contributed by atoms with van der Waals surface area (Å²) in [6.07, 6.45) is 2.63. The Hall–Kier alpha value is -0.900. The van der Waals surface area contributed by atoms with Crippen molar-refractivity contribution in [3.63, 3.8) is 0 Å². The summed E-state index contributed by atoms with van der Waals surface area (Å²) in [5.41, 5.74) is 1.41. The quantitative estimate of drug-likeness (QED) is 0.827. The zero-order chi connectivity index (χ0) is 14.2. The van der Waals surface area contributed by atoms with Gasteiger partial charge in [-0.2, -0.15) is 0 Å². The molecule has 0 unspecified atom stereocenters. The number of piperidine rings is 1. The molecule has 1 atom stereocenters. The third-order valence-electron chi connectivity index (χ3n) is 4.23. The molecule has 20 heavy (non-hydrogen) atoms. The average Bonchev–Trinajstić information content (AvgIpc) is 2.48. The lowest BCUT2D eigenvalue weighted by atomic mass is 9.97. The summed E-state index contributed by atoms with van der Waals surface area (Å²) >= 11 is 0. The van der Waals surface area contributed by atoms with E-state index >= 15 is 0 Å². The molecule has 1 saturated heterocycles. The van der Waals surface area contributed by atoms with Gasteiger partial charge >= 0.3 is 0 Å². The lowest BCUT2D eigenvalue weighted by Gasteiger charge is -2.35. The molecule has 0 saturated carbocycles. The van der Waals surface area contributed by atoms with Gasteiger partial charge < -0.3 is 10.0 Å². The molecule has 0 aliphatic carbocycles. The van der Waals surface area contributed by atoms with Crippen molar-refractivity contribution in [3.8, 4) is 0 Å². The van der Waals surface area contributed by atoms with Gasteiger partial charge in [-0.3, -0.25) is 4.90 Å². The van der Waals surface area contributed by atoms with Gasteiger partial charge in [0.1, 0.15) is 0 Å². The lowest BCUT2D eigenvalue weighted by molar-refractivity contribution is 0.118.